The van der Waals surface area contributed by atoms with Crippen molar-refractivity contribution in [3.05, 3.63) is 33.8 Å². The van der Waals surface area contributed by atoms with Crippen molar-refractivity contribution < 1.29 is 8.42 Å². The highest BCUT2D eigenvalue weighted by molar-refractivity contribution is 7.89. The number of hydrogen-bond acceptors (Lipinski definition) is 5. The smallest absolute Gasteiger partial charge is 0.246 e. The molecule has 1 atom stereocenters. The van der Waals surface area contributed by atoms with Crippen LogP contribution in [0.5, 0.6) is 0 Å². The Balaban J connectivity index is 1.72. The maximum Gasteiger partial charge on any atom is 0.246 e. The molecular weight excluding hydrogens is 332 g/mol. The molecule has 0 aromatic carbocycles. The first-order chi connectivity index (χ1) is 10.9. The largest absolute Gasteiger partial charge is 0.293 e. The summed E-state index contributed by atoms with van der Waals surface area (Å²) in [6.45, 7) is 8.18. The van der Waals surface area contributed by atoms with Gasteiger partial charge in [-0.2, -0.15) is 9.40 Å². The van der Waals surface area contributed by atoms with E-state index in [1.165, 1.54) is 4.88 Å². The molecule has 1 unspecified atom stereocenters. The third-order valence-electron chi connectivity index (χ3n) is 4.43. The van der Waals surface area contributed by atoms with Gasteiger partial charge >= 0.3 is 0 Å². The lowest BCUT2D eigenvalue weighted by atomic mass is 10.2. The molecule has 0 amide bonds. The van der Waals surface area contributed by atoms with Gasteiger partial charge in [0.2, 0.25) is 10.0 Å². The van der Waals surface area contributed by atoms with Crippen molar-refractivity contribution in [1.29, 1.82) is 0 Å². The third kappa shape index (κ3) is 3.08. The fraction of sp³-hybridized carbons (Fsp3) is 0.533. The van der Waals surface area contributed by atoms with E-state index in [4.69, 9.17) is 0 Å². The molecule has 126 valence electrons. The summed E-state index contributed by atoms with van der Waals surface area (Å²) in [6.07, 6.45) is 0. The summed E-state index contributed by atoms with van der Waals surface area (Å²) in [7, 11) is -3.47. The van der Waals surface area contributed by atoms with Gasteiger partial charge in [0.1, 0.15) is 4.90 Å². The van der Waals surface area contributed by atoms with Crippen molar-refractivity contribution in [2.75, 3.05) is 26.2 Å². The Morgan fingerprint density at radius 3 is 2.48 bits per heavy atom. The lowest BCUT2D eigenvalue weighted by Crippen LogP contribution is -2.49. The van der Waals surface area contributed by atoms with Crippen LogP contribution >= 0.6 is 11.3 Å². The first kappa shape index (κ1) is 16.6. The van der Waals surface area contributed by atoms with Crippen LogP contribution in [0.3, 0.4) is 0 Å². The lowest BCUT2D eigenvalue weighted by molar-refractivity contribution is 0.147. The van der Waals surface area contributed by atoms with Crippen LogP contribution < -0.4 is 0 Å². The fourth-order valence-corrected chi connectivity index (χ4v) is 5.66. The van der Waals surface area contributed by atoms with Gasteiger partial charge in [0.05, 0.1) is 11.4 Å². The fourth-order valence-electron chi connectivity index (χ4n) is 3.09. The van der Waals surface area contributed by atoms with E-state index in [1.807, 2.05) is 0 Å². The number of rotatable bonds is 4. The maximum atomic E-state index is 12.8. The highest BCUT2D eigenvalue weighted by Gasteiger charge is 2.33. The monoisotopic (exact) mass is 354 g/mol. The molecule has 2 aromatic heterocycles. The standard InChI is InChI=1S/C15H22N4O2S2/c1-11-15(12(2)17-16-11)23(20,21)19-8-6-18(7-9-19)13(3)14-5-4-10-22-14/h4-5,10,13H,6-9H2,1-3H3,(H,16,17). The first-order valence-corrected chi connectivity index (χ1v) is 10.0. The second-order valence-corrected chi connectivity index (χ2v) is 8.75. The van der Waals surface area contributed by atoms with E-state index in [0.717, 1.165) is 13.1 Å². The Bertz CT molecular complexity index is 740. The zero-order valence-electron chi connectivity index (χ0n) is 13.6. The molecule has 0 radical (unpaired) electrons. The van der Waals surface area contributed by atoms with Gasteiger partial charge in [-0.15, -0.1) is 11.3 Å². The average molecular weight is 355 g/mol. The predicted molar refractivity (Wildman–Crippen MR) is 91.1 cm³/mol. The van der Waals surface area contributed by atoms with Gasteiger partial charge < -0.3 is 0 Å². The summed E-state index contributed by atoms with van der Waals surface area (Å²) in [5.41, 5.74) is 1.15. The van der Waals surface area contributed by atoms with Gasteiger partial charge in [0, 0.05) is 37.1 Å². The topological polar surface area (TPSA) is 69.3 Å². The Morgan fingerprint density at radius 1 is 1.26 bits per heavy atom. The number of aryl methyl sites for hydroxylation is 2. The van der Waals surface area contributed by atoms with Crippen LogP contribution in [-0.4, -0.2) is 54.0 Å². The van der Waals surface area contributed by atoms with Crippen molar-refractivity contribution in [1.82, 2.24) is 19.4 Å². The molecule has 0 saturated carbocycles. The Labute approximate surface area is 141 Å². The van der Waals surface area contributed by atoms with Gasteiger partial charge in [-0.25, -0.2) is 8.42 Å². The minimum atomic E-state index is -3.47. The molecule has 0 aliphatic carbocycles. The van der Waals surface area contributed by atoms with Crippen LogP contribution in [0.4, 0.5) is 0 Å². The molecule has 3 heterocycles. The summed E-state index contributed by atoms with van der Waals surface area (Å²) in [6, 6.07) is 4.52. The van der Waals surface area contributed by atoms with Crippen LogP contribution in [-0.2, 0) is 10.0 Å². The zero-order valence-corrected chi connectivity index (χ0v) is 15.2. The number of thiophene rings is 1. The van der Waals surface area contributed by atoms with E-state index in [-0.39, 0.29) is 0 Å². The molecule has 1 aliphatic heterocycles. The number of aromatic amines is 1. The van der Waals surface area contributed by atoms with E-state index >= 15 is 0 Å². The number of nitrogens with one attached hydrogen (secondary N) is 1. The molecule has 1 fully saturated rings. The molecule has 0 spiro atoms. The average Bonchev–Trinajstić information content (AvgIpc) is 3.17. The molecular formula is C15H22N4O2S2. The van der Waals surface area contributed by atoms with Crippen molar-refractivity contribution in [3.63, 3.8) is 0 Å². The number of nitrogens with zero attached hydrogens (tertiary/aromatic N) is 3. The molecule has 0 bridgehead atoms. The molecule has 1 N–H and O–H groups in total. The van der Waals surface area contributed by atoms with Gasteiger partial charge in [-0.05, 0) is 32.2 Å². The SMILES string of the molecule is Cc1n[nH]c(C)c1S(=O)(=O)N1CCN(C(C)c2cccs2)CC1. The van der Waals surface area contributed by atoms with E-state index < -0.39 is 10.0 Å². The number of H-pyrrole nitrogens is 1. The number of piperazine rings is 1. The second kappa shape index (κ2) is 6.35. The van der Waals surface area contributed by atoms with E-state index in [9.17, 15) is 8.42 Å². The summed E-state index contributed by atoms with van der Waals surface area (Å²) < 4.78 is 27.3. The molecule has 8 heteroatoms. The second-order valence-electron chi connectivity index (χ2n) is 5.89. The number of aromatic nitrogens is 2. The molecule has 3 rings (SSSR count). The van der Waals surface area contributed by atoms with Crippen molar-refractivity contribution in [2.45, 2.75) is 31.7 Å². The van der Waals surface area contributed by atoms with Crippen LogP contribution in [0.25, 0.3) is 0 Å². The summed E-state index contributed by atoms with van der Waals surface area (Å²) in [4.78, 5) is 3.99. The predicted octanol–water partition coefficient (Wildman–Crippen LogP) is 2.16. The quantitative estimate of drug-likeness (QED) is 0.913. The third-order valence-corrected chi connectivity index (χ3v) is 7.64. The van der Waals surface area contributed by atoms with Gasteiger partial charge in [0.25, 0.3) is 0 Å². The first-order valence-electron chi connectivity index (χ1n) is 7.70. The molecule has 1 saturated heterocycles. The lowest BCUT2D eigenvalue weighted by Gasteiger charge is -2.37. The highest BCUT2D eigenvalue weighted by Crippen LogP contribution is 2.28. The normalized spacial score (nSPS) is 19.1. The minimum Gasteiger partial charge on any atom is -0.293 e. The molecule has 6 nitrogen and oxygen atoms in total. The van der Waals surface area contributed by atoms with Crippen molar-refractivity contribution in [3.8, 4) is 0 Å². The van der Waals surface area contributed by atoms with Crippen LogP contribution in [0.15, 0.2) is 22.4 Å². The van der Waals surface area contributed by atoms with E-state index in [1.54, 1.807) is 29.5 Å². The van der Waals surface area contributed by atoms with Gasteiger partial charge in [-0.3, -0.25) is 10.00 Å². The van der Waals surface area contributed by atoms with Gasteiger partial charge in [-0.1, -0.05) is 6.07 Å². The van der Waals surface area contributed by atoms with E-state index in [2.05, 4.69) is 39.5 Å². The van der Waals surface area contributed by atoms with Crippen molar-refractivity contribution in [2.24, 2.45) is 0 Å². The summed E-state index contributed by atoms with van der Waals surface area (Å²) in [5.74, 6) is 0. The van der Waals surface area contributed by atoms with Crippen LogP contribution in [0.2, 0.25) is 0 Å². The Kier molecular flexibility index (Phi) is 4.59. The number of hydrogen-bond donors (Lipinski definition) is 1. The number of sulfonamides is 1. The minimum absolute atomic E-state index is 0.331. The van der Waals surface area contributed by atoms with Crippen molar-refractivity contribution >= 4 is 21.4 Å². The highest BCUT2D eigenvalue weighted by atomic mass is 32.2. The summed E-state index contributed by atoms with van der Waals surface area (Å²) in [5, 5.41) is 8.86. The van der Waals surface area contributed by atoms with Crippen LogP contribution in [0.1, 0.15) is 29.2 Å². The van der Waals surface area contributed by atoms with Crippen LogP contribution in [0, 0.1) is 13.8 Å². The zero-order chi connectivity index (χ0) is 16.6. The van der Waals surface area contributed by atoms with Gasteiger partial charge in [0.15, 0.2) is 0 Å². The Hall–Kier alpha value is -1.22. The maximum absolute atomic E-state index is 12.8. The Morgan fingerprint density at radius 2 is 1.96 bits per heavy atom. The molecule has 23 heavy (non-hydrogen) atoms. The van der Waals surface area contributed by atoms with E-state index in [0.29, 0.717) is 35.4 Å². The molecule has 1 aliphatic rings. The molecule has 2 aromatic rings. The summed E-state index contributed by atoms with van der Waals surface area (Å²) >= 11 is 1.75.